The van der Waals surface area contributed by atoms with Crippen LogP contribution in [0.5, 0.6) is 0 Å². The van der Waals surface area contributed by atoms with E-state index in [4.69, 9.17) is 18.9 Å². The van der Waals surface area contributed by atoms with E-state index >= 15 is 0 Å². The molecule has 0 aromatic heterocycles. The molecular weight excluding hydrogens is 779 g/mol. The Hall–Kier alpha value is -4.05. The van der Waals surface area contributed by atoms with Crippen molar-refractivity contribution in [2.45, 2.75) is 161 Å². The standard InChI is InChI=1S/C53H85NO8/c1-6-8-10-12-14-16-18-20-22-23-24-25-26-27-28-29-30-32-34-36-38-40-42-44-51(56)62-49(48-61-53(52(57)58)59-46-45-54(3,4)5)47-60-50(55)43-41-39-37-35-33-31-21-19-17-15-13-11-9-7-2/h8,10,13-16,19-22,24-25,27-28,30,32,36,38,49,53H,6-7,9,11-12,17-18,23,26,29,31,33-35,37,39-48H2,1-5H3/b10-8-,15-13-,16-14-,21-19-,22-20-,25-24-,28-27-,32-30-,38-36-. The Balaban J connectivity index is 4.56. The minimum absolute atomic E-state index is 0.128. The number of carboxylic acid groups (broad SMARTS) is 1. The van der Waals surface area contributed by atoms with Crippen molar-refractivity contribution in [1.29, 1.82) is 0 Å². The second kappa shape index (κ2) is 43.6. The van der Waals surface area contributed by atoms with E-state index in [-0.39, 0.29) is 32.7 Å². The molecule has 2 atom stereocenters. The Morgan fingerprint density at radius 3 is 1.42 bits per heavy atom. The third-order valence-corrected chi connectivity index (χ3v) is 9.25. The number of hydrogen-bond acceptors (Lipinski definition) is 8. The number of carbonyl (C=O) groups excluding carboxylic acids is 3. The van der Waals surface area contributed by atoms with Crippen molar-refractivity contribution in [2.75, 3.05) is 47.5 Å². The maximum atomic E-state index is 12.8. The largest absolute Gasteiger partial charge is 0.545 e. The highest BCUT2D eigenvalue weighted by Gasteiger charge is 2.21. The lowest BCUT2D eigenvalue weighted by Crippen LogP contribution is -2.44. The van der Waals surface area contributed by atoms with Crippen LogP contribution in [0.25, 0.3) is 0 Å². The summed E-state index contributed by atoms with van der Waals surface area (Å²) in [6.07, 6.45) is 55.6. The van der Waals surface area contributed by atoms with Crippen LogP contribution in [-0.4, -0.2) is 82.3 Å². The van der Waals surface area contributed by atoms with Crippen LogP contribution in [0.15, 0.2) is 109 Å². The average molecular weight is 864 g/mol. The number of esters is 2. The normalized spacial score (nSPS) is 13.9. The SMILES string of the molecule is CC/C=C\C/C=C\C/C=C\C/C=C\C/C=C\C/C=C\C/C=C\CCCC(=O)OC(COC(=O)CCCCCCC/C=C\C/C=C\CCCC)COC(OCC[N+](C)(C)C)C(=O)[O-]. The number of rotatable bonds is 41. The lowest BCUT2D eigenvalue weighted by molar-refractivity contribution is -0.870. The zero-order valence-electron chi connectivity index (χ0n) is 39.4. The molecule has 9 nitrogen and oxygen atoms in total. The van der Waals surface area contributed by atoms with Crippen molar-refractivity contribution in [3.8, 4) is 0 Å². The van der Waals surface area contributed by atoms with Crippen LogP contribution in [0.1, 0.15) is 149 Å². The van der Waals surface area contributed by atoms with Gasteiger partial charge in [0.2, 0.25) is 0 Å². The number of carboxylic acids is 1. The molecule has 0 aliphatic carbocycles. The lowest BCUT2D eigenvalue weighted by Gasteiger charge is -2.26. The van der Waals surface area contributed by atoms with Crippen molar-refractivity contribution in [2.24, 2.45) is 0 Å². The summed E-state index contributed by atoms with van der Waals surface area (Å²) >= 11 is 0. The first-order chi connectivity index (χ1) is 30.1. The molecule has 0 saturated carbocycles. The van der Waals surface area contributed by atoms with E-state index in [0.717, 1.165) is 89.9 Å². The zero-order chi connectivity index (χ0) is 45.6. The van der Waals surface area contributed by atoms with Gasteiger partial charge in [0.15, 0.2) is 12.4 Å². The number of aliphatic carboxylic acids is 1. The van der Waals surface area contributed by atoms with Crippen LogP contribution in [-0.2, 0) is 33.3 Å². The minimum Gasteiger partial charge on any atom is -0.545 e. The van der Waals surface area contributed by atoms with Crippen LogP contribution in [0.4, 0.5) is 0 Å². The third-order valence-electron chi connectivity index (χ3n) is 9.25. The molecule has 62 heavy (non-hydrogen) atoms. The maximum Gasteiger partial charge on any atom is 0.306 e. The fraction of sp³-hybridized carbons (Fsp3) is 0.604. The number of hydrogen-bond donors (Lipinski definition) is 0. The highest BCUT2D eigenvalue weighted by molar-refractivity contribution is 5.70. The van der Waals surface area contributed by atoms with E-state index in [1.165, 1.54) is 12.8 Å². The van der Waals surface area contributed by atoms with Crippen molar-refractivity contribution in [3.05, 3.63) is 109 Å². The molecule has 0 radical (unpaired) electrons. The van der Waals surface area contributed by atoms with Crippen LogP contribution < -0.4 is 5.11 Å². The average Bonchev–Trinajstić information content (AvgIpc) is 3.23. The summed E-state index contributed by atoms with van der Waals surface area (Å²) in [5.41, 5.74) is 0. The molecule has 9 heteroatoms. The molecule has 0 rings (SSSR count). The van der Waals surface area contributed by atoms with Crippen molar-refractivity contribution >= 4 is 17.9 Å². The Morgan fingerprint density at radius 2 is 0.935 bits per heavy atom. The molecule has 0 saturated heterocycles. The third kappa shape index (κ3) is 44.0. The monoisotopic (exact) mass is 864 g/mol. The molecule has 0 heterocycles. The summed E-state index contributed by atoms with van der Waals surface area (Å²) in [6.45, 7) is 4.47. The number of quaternary nitrogens is 1. The van der Waals surface area contributed by atoms with Gasteiger partial charge in [-0.15, -0.1) is 0 Å². The maximum absolute atomic E-state index is 12.8. The first kappa shape index (κ1) is 58.0. The van der Waals surface area contributed by atoms with Gasteiger partial charge in [0.25, 0.3) is 0 Å². The van der Waals surface area contributed by atoms with Gasteiger partial charge in [-0.2, -0.15) is 0 Å². The molecule has 0 aliphatic heterocycles. The van der Waals surface area contributed by atoms with Crippen LogP contribution in [0.3, 0.4) is 0 Å². The van der Waals surface area contributed by atoms with Gasteiger partial charge >= 0.3 is 11.9 Å². The highest BCUT2D eigenvalue weighted by Crippen LogP contribution is 2.11. The molecular formula is C53H85NO8. The van der Waals surface area contributed by atoms with Gasteiger partial charge in [0.1, 0.15) is 13.2 Å². The number of ether oxygens (including phenoxy) is 4. The molecule has 0 spiro atoms. The van der Waals surface area contributed by atoms with Crippen LogP contribution >= 0.6 is 0 Å². The predicted octanol–water partition coefficient (Wildman–Crippen LogP) is 11.5. The summed E-state index contributed by atoms with van der Waals surface area (Å²) in [5, 5.41) is 11.7. The molecule has 0 N–H and O–H groups in total. The first-order valence-corrected chi connectivity index (χ1v) is 23.5. The van der Waals surface area contributed by atoms with E-state index in [0.29, 0.717) is 30.3 Å². The Bertz CT molecular complexity index is 1380. The molecule has 0 amide bonds. The Labute approximate surface area is 377 Å². The smallest absolute Gasteiger partial charge is 0.306 e. The molecule has 350 valence electrons. The Kier molecular flexibility index (Phi) is 40.7. The number of carbonyl (C=O) groups is 3. The molecule has 0 fully saturated rings. The van der Waals surface area contributed by atoms with Gasteiger partial charge in [-0.25, -0.2) is 0 Å². The number of likely N-dealkylation sites (N-methyl/N-ethyl adjacent to an activating group) is 1. The van der Waals surface area contributed by atoms with Crippen molar-refractivity contribution < 1.29 is 42.9 Å². The fourth-order valence-electron chi connectivity index (χ4n) is 5.60. The second-order valence-electron chi connectivity index (χ2n) is 16.3. The number of nitrogens with zero attached hydrogens (tertiary/aromatic N) is 1. The molecule has 0 bridgehead atoms. The number of allylic oxidation sites excluding steroid dienone is 18. The van der Waals surface area contributed by atoms with Crippen LogP contribution in [0.2, 0.25) is 0 Å². The highest BCUT2D eigenvalue weighted by atomic mass is 16.7. The van der Waals surface area contributed by atoms with E-state index in [1.54, 1.807) is 0 Å². The van der Waals surface area contributed by atoms with Crippen LogP contribution in [0, 0.1) is 0 Å². The van der Waals surface area contributed by atoms with Crippen molar-refractivity contribution in [1.82, 2.24) is 0 Å². The second-order valence-corrected chi connectivity index (χ2v) is 16.3. The van der Waals surface area contributed by atoms with Gasteiger partial charge < -0.3 is 33.3 Å². The summed E-state index contributed by atoms with van der Waals surface area (Å²) in [4.78, 5) is 37.0. The van der Waals surface area contributed by atoms with Gasteiger partial charge in [0.05, 0.1) is 40.3 Å². The fourth-order valence-corrected chi connectivity index (χ4v) is 5.60. The molecule has 0 aromatic rings. The van der Waals surface area contributed by atoms with Gasteiger partial charge in [-0.1, -0.05) is 155 Å². The lowest BCUT2D eigenvalue weighted by atomic mass is 10.1. The van der Waals surface area contributed by atoms with Gasteiger partial charge in [0, 0.05) is 12.8 Å². The summed E-state index contributed by atoms with van der Waals surface area (Å²) in [5.74, 6) is -2.40. The summed E-state index contributed by atoms with van der Waals surface area (Å²) in [7, 11) is 5.87. The van der Waals surface area contributed by atoms with E-state index in [9.17, 15) is 19.5 Å². The molecule has 2 unspecified atom stereocenters. The predicted molar refractivity (Wildman–Crippen MR) is 255 cm³/mol. The van der Waals surface area contributed by atoms with Gasteiger partial charge in [-0.3, -0.25) is 9.59 Å². The van der Waals surface area contributed by atoms with E-state index in [1.807, 2.05) is 27.2 Å². The zero-order valence-corrected chi connectivity index (χ0v) is 39.4. The quantitative estimate of drug-likeness (QED) is 0.0196. The minimum atomic E-state index is -1.65. The molecule has 0 aliphatic rings. The van der Waals surface area contributed by atoms with Crippen molar-refractivity contribution in [3.63, 3.8) is 0 Å². The summed E-state index contributed by atoms with van der Waals surface area (Å²) < 4.78 is 22.5. The van der Waals surface area contributed by atoms with E-state index < -0.39 is 30.3 Å². The molecule has 0 aromatic carbocycles. The Morgan fingerprint density at radius 1 is 0.500 bits per heavy atom. The van der Waals surface area contributed by atoms with Gasteiger partial charge in [-0.05, 0) is 89.9 Å². The summed E-state index contributed by atoms with van der Waals surface area (Å²) in [6, 6.07) is 0. The number of unbranched alkanes of at least 4 members (excludes halogenated alkanes) is 8. The first-order valence-electron chi connectivity index (χ1n) is 23.5. The topological polar surface area (TPSA) is 111 Å². The van der Waals surface area contributed by atoms with E-state index in [2.05, 4.69) is 117 Å².